The highest BCUT2D eigenvalue weighted by atomic mass is 19.4. The molecule has 0 aliphatic carbocycles. The van der Waals surface area contributed by atoms with E-state index in [4.69, 9.17) is 9.47 Å². The van der Waals surface area contributed by atoms with E-state index in [0.29, 0.717) is 51.0 Å². The summed E-state index contributed by atoms with van der Waals surface area (Å²) in [7, 11) is 0. The fourth-order valence-electron chi connectivity index (χ4n) is 4.81. The normalized spacial score (nSPS) is 25.4. The highest BCUT2D eigenvalue weighted by Gasteiger charge is 2.39. The van der Waals surface area contributed by atoms with Crippen LogP contribution in [0.15, 0.2) is 24.3 Å². The van der Waals surface area contributed by atoms with Crippen LogP contribution in [0.5, 0.6) is 0 Å². The lowest BCUT2D eigenvalue weighted by Crippen LogP contribution is -2.62. The number of benzene rings is 1. The van der Waals surface area contributed by atoms with Crippen molar-refractivity contribution in [1.82, 2.24) is 15.1 Å². The van der Waals surface area contributed by atoms with Gasteiger partial charge in [-0.1, -0.05) is 12.1 Å². The van der Waals surface area contributed by atoms with Gasteiger partial charge in [0.25, 0.3) is 0 Å². The molecule has 0 saturated carbocycles. The predicted octanol–water partition coefficient (Wildman–Crippen LogP) is 2.87. The lowest BCUT2D eigenvalue weighted by Gasteiger charge is -2.44. The van der Waals surface area contributed by atoms with Crippen LogP contribution < -0.4 is 5.32 Å². The summed E-state index contributed by atoms with van der Waals surface area (Å²) in [6, 6.07) is 4.91. The highest BCUT2D eigenvalue weighted by molar-refractivity contribution is 5.79. The number of alkyl halides is 3. The second kappa shape index (κ2) is 9.84. The molecule has 33 heavy (non-hydrogen) atoms. The van der Waals surface area contributed by atoms with Gasteiger partial charge < -0.3 is 24.6 Å². The Morgan fingerprint density at radius 2 is 1.79 bits per heavy atom. The van der Waals surface area contributed by atoms with E-state index in [2.05, 4.69) is 5.32 Å². The zero-order valence-corrected chi connectivity index (χ0v) is 18.0. The summed E-state index contributed by atoms with van der Waals surface area (Å²) in [6.45, 7) is 0.283. The third kappa shape index (κ3) is 5.94. The molecule has 11 heteroatoms. The summed E-state index contributed by atoms with van der Waals surface area (Å²) in [5, 5.41) is 2.86. The van der Waals surface area contributed by atoms with Crippen LogP contribution in [-0.2, 0) is 14.3 Å². The Morgan fingerprint density at radius 3 is 2.45 bits per heavy atom. The van der Waals surface area contributed by atoms with Crippen molar-refractivity contribution in [3.63, 3.8) is 0 Å². The molecule has 3 heterocycles. The van der Waals surface area contributed by atoms with Gasteiger partial charge in [-0.15, -0.1) is 0 Å². The standard InChI is InChI=1S/C22H27F4N3O4/c23-16-3-1-14(2-4-16)20(33-13-22(24,25)26)15-5-8-28(9-6-15)21(31)29-10-7-18-17(11-29)27-19(30)12-32-18/h1-4,15,17-18,20H,5-13H2,(H,27,30)/t17-,18+,20-/m1/s1. The van der Waals surface area contributed by atoms with E-state index in [1.165, 1.54) is 24.3 Å². The van der Waals surface area contributed by atoms with Crippen LogP contribution in [0.4, 0.5) is 22.4 Å². The first-order valence-corrected chi connectivity index (χ1v) is 11.1. The van der Waals surface area contributed by atoms with Crippen molar-refractivity contribution in [3.05, 3.63) is 35.6 Å². The molecule has 0 radical (unpaired) electrons. The Bertz CT molecular complexity index is 843. The van der Waals surface area contributed by atoms with E-state index < -0.39 is 24.7 Å². The first-order valence-electron chi connectivity index (χ1n) is 11.1. The molecule has 1 N–H and O–H groups in total. The summed E-state index contributed by atoms with van der Waals surface area (Å²) < 4.78 is 62.5. The molecule has 3 fully saturated rings. The van der Waals surface area contributed by atoms with Crippen molar-refractivity contribution in [2.24, 2.45) is 5.92 Å². The molecule has 3 aliphatic rings. The van der Waals surface area contributed by atoms with Crippen molar-refractivity contribution in [2.75, 3.05) is 39.4 Å². The summed E-state index contributed by atoms with van der Waals surface area (Å²) in [6.07, 6.45) is -3.85. The molecule has 0 unspecified atom stereocenters. The van der Waals surface area contributed by atoms with Gasteiger partial charge in [0.15, 0.2) is 0 Å². The van der Waals surface area contributed by atoms with E-state index in [0.717, 1.165) is 0 Å². The van der Waals surface area contributed by atoms with Crippen molar-refractivity contribution < 1.29 is 36.6 Å². The summed E-state index contributed by atoms with van der Waals surface area (Å²) in [5.74, 6) is -0.909. The Balaban J connectivity index is 1.36. The fraction of sp³-hybridized carbons (Fsp3) is 0.636. The number of morpholine rings is 1. The molecule has 1 aromatic rings. The topological polar surface area (TPSA) is 71.1 Å². The Labute approximate surface area is 189 Å². The Kier molecular flexibility index (Phi) is 7.08. The summed E-state index contributed by atoms with van der Waals surface area (Å²) in [4.78, 5) is 28.0. The average molecular weight is 473 g/mol. The number of likely N-dealkylation sites (tertiary alicyclic amines) is 2. The third-order valence-corrected chi connectivity index (χ3v) is 6.46. The van der Waals surface area contributed by atoms with Crippen LogP contribution in [0.25, 0.3) is 0 Å². The van der Waals surface area contributed by atoms with Gasteiger partial charge in [0.1, 0.15) is 19.0 Å². The van der Waals surface area contributed by atoms with Gasteiger partial charge in [-0.05, 0) is 42.9 Å². The minimum atomic E-state index is -4.47. The highest BCUT2D eigenvalue weighted by Crippen LogP contribution is 2.35. The maximum Gasteiger partial charge on any atom is 0.411 e. The number of nitrogens with one attached hydrogen (secondary N) is 1. The van der Waals surface area contributed by atoms with Crippen LogP contribution in [0.2, 0.25) is 0 Å². The number of ether oxygens (including phenoxy) is 2. The van der Waals surface area contributed by atoms with Gasteiger partial charge in [-0.25, -0.2) is 9.18 Å². The number of amides is 3. The van der Waals surface area contributed by atoms with Crippen molar-refractivity contribution in [3.8, 4) is 0 Å². The van der Waals surface area contributed by atoms with Gasteiger partial charge in [-0.3, -0.25) is 4.79 Å². The SMILES string of the molecule is O=C1CO[C@H]2CCN(C(=O)N3CCC([C@H](OCC(F)(F)F)c4ccc(F)cc4)CC3)C[C@H]2N1. The molecule has 3 aliphatic heterocycles. The van der Waals surface area contributed by atoms with Crippen molar-refractivity contribution in [1.29, 1.82) is 0 Å². The first kappa shape index (κ1) is 23.7. The number of urea groups is 1. The van der Waals surface area contributed by atoms with E-state index in [9.17, 15) is 27.2 Å². The molecule has 0 spiro atoms. The molecular weight excluding hydrogens is 446 g/mol. The number of piperidine rings is 2. The number of halogens is 4. The van der Waals surface area contributed by atoms with Crippen LogP contribution in [0.3, 0.4) is 0 Å². The van der Waals surface area contributed by atoms with Crippen LogP contribution in [0.1, 0.15) is 30.9 Å². The molecule has 182 valence electrons. The van der Waals surface area contributed by atoms with Gasteiger partial charge >= 0.3 is 12.2 Å². The van der Waals surface area contributed by atoms with Gasteiger partial charge in [0, 0.05) is 26.2 Å². The first-order chi connectivity index (χ1) is 15.7. The Hall–Kier alpha value is -2.40. The van der Waals surface area contributed by atoms with E-state index in [1.54, 1.807) is 9.80 Å². The van der Waals surface area contributed by atoms with E-state index in [1.807, 2.05) is 0 Å². The van der Waals surface area contributed by atoms with E-state index >= 15 is 0 Å². The maximum atomic E-state index is 13.3. The number of rotatable bonds is 4. The van der Waals surface area contributed by atoms with Gasteiger partial charge in [0.05, 0.1) is 18.2 Å². The molecule has 3 amide bonds. The molecule has 3 atom stereocenters. The average Bonchev–Trinajstić information content (AvgIpc) is 2.79. The molecule has 0 bridgehead atoms. The van der Waals surface area contributed by atoms with Crippen molar-refractivity contribution in [2.45, 2.75) is 43.7 Å². The largest absolute Gasteiger partial charge is 0.411 e. The summed E-state index contributed by atoms with van der Waals surface area (Å²) in [5.41, 5.74) is 0.487. The zero-order chi connectivity index (χ0) is 23.6. The number of nitrogens with zero attached hydrogens (tertiary/aromatic N) is 2. The number of hydrogen-bond acceptors (Lipinski definition) is 4. The maximum absolute atomic E-state index is 13.3. The smallest absolute Gasteiger partial charge is 0.366 e. The number of fused-ring (bicyclic) bond motifs is 1. The Morgan fingerprint density at radius 1 is 1.12 bits per heavy atom. The number of carbonyl (C=O) groups excluding carboxylic acids is 2. The molecule has 1 aromatic carbocycles. The fourth-order valence-corrected chi connectivity index (χ4v) is 4.81. The monoisotopic (exact) mass is 473 g/mol. The quantitative estimate of drug-likeness (QED) is 0.683. The minimum Gasteiger partial charge on any atom is -0.366 e. The van der Waals surface area contributed by atoms with Gasteiger partial charge in [0.2, 0.25) is 5.91 Å². The number of carbonyl (C=O) groups is 2. The molecule has 3 saturated heterocycles. The zero-order valence-electron chi connectivity index (χ0n) is 18.0. The molecule has 7 nitrogen and oxygen atoms in total. The second-order valence-corrected chi connectivity index (χ2v) is 8.76. The third-order valence-electron chi connectivity index (χ3n) is 6.46. The van der Waals surface area contributed by atoms with Crippen LogP contribution >= 0.6 is 0 Å². The molecule has 0 aromatic heterocycles. The molecular formula is C22H27F4N3O4. The van der Waals surface area contributed by atoms with Crippen LogP contribution in [-0.4, -0.2) is 79.5 Å². The number of hydrogen-bond donors (Lipinski definition) is 1. The van der Waals surface area contributed by atoms with Crippen molar-refractivity contribution >= 4 is 11.9 Å². The molecule has 4 rings (SSSR count). The second-order valence-electron chi connectivity index (χ2n) is 8.76. The predicted molar refractivity (Wildman–Crippen MR) is 109 cm³/mol. The van der Waals surface area contributed by atoms with E-state index in [-0.39, 0.29) is 36.6 Å². The van der Waals surface area contributed by atoms with Gasteiger partial charge in [-0.2, -0.15) is 13.2 Å². The minimum absolute atomic E-state index is 0.0360. The lowest BCUT2D eigenvalue weighted by molar-refractivity contribution is -0.193. The van der Waals surface area contributed by atoms with Crippen LogP contribution in [0, 0.1) is 11.7 Å². The summed E-state index contributed by atoms with van der Waals surface area (Å²) >= 11 is 0. The lowest BCUT2D eigenvalue weighted by atomic mass is 9.87.